The van der Waals surface area contributed by atoms with Crippen molar-refractivity contribution in [2.75, 3.05) is 51.0 Å². The average Bonchev–Trinajstić information content (AvgIpc) is 3.87. The monoisotopic (exact) mass is 719 g/mol. The van der Waals surface area contributed by atoms with Gasteiger partial charge in [-0.15, -0.1) is 11.8 Å². The third-order valence-electron chi connectivity index (χ3n) is 10.7. The normalized spacial score (nSPS) is 27.9. The molecule has 0 spiro atoms. The number of fused-ring (bicyclic) bond motifs is 9. The van der Waals surface area contributed by atoms with E-state index in [0.717, 1.165) is 21.9 Å². The van der Waals surface area contributed by atoms with Gasteiger partial charge in [-0.25, -0.2) is 4.79 Å². The fourth-order valence-corrected chi connectivity index (χ4v) is 11.6. The molecule has 5 aliphatic rings. The summed E-state index contributed by atoms with van der Waals surface area (Å²) in [6, 6.07) is 12.1. The number of morpholine rings is 1. The van der Waals surface area contributed by atoms with E-state index in [9.17, 15) is 24.0 Å². The van der Waals surface area contributed by atoms with E-state index in [1.165, 1.54) is 16.2 Å². The van der Waals surface area contributed by atoms with Crippen LogP contribution in [-0.4, -0.2) is 84.9 Å². The van der Waals surface area contributed by atoms with Crippen molar-refractivity contribution in [2.45, 2.75) is 36.5 Å². The third kappa shape index (κ3) is 5.43. The number of aromatic nitrogens is 1. The first kappa shape index (κ1) is 33.0. The van der Waals surface area contributed by atoms with E-state index in [4.69, 9.17) is 18.9 Å². The van der Waals surface area contributed by atoms with Crippen molar-refractivity contribution in [1.82, 2.24) is 9.88 Å². The lowest BCUT2D eigenvalue weighted by Crippen LogP contribution is -2.43. The van der Waals surface area contributed by atoms with Gasteiger partial charge in [0.25, 0.3) is 5.91 Å². The maximum atomic E-state index is 14.2. The van der Waals surface area contributed by atoms with Crippen molar-refractivity contribution in [3.8, 4) is 11.5 Å². The molecule has 12 nitrogen and oxygen atoms in total. The zero-order chi connectivity index (χ0) is 34.7. The van der Waals surface area contributed by atoms with Gasteiger partial charge in [0.05, 0.1) is 54.5 Å². The first-order valence-electron chi connectivity index (χ1n) is 17.1. The summed E-state index contributed by atoms with van der Waals surface area (Å²) < 4.78 is 22.5. The Balaban J connectivity index is 1.09. The highest BCUT2D eigenvalue weighted by atomic mass is 32.2. The number of thioether (sulfide) groups is 1. The number of hydrogen-bond donors (Lipinski definition) is 1. The lowest BCUT2D eigenvalue weighted by molar-refractivity contribution is -0.137. The summed E-state index contributed by atoms with van der Waals surface area (Å²) in [5.74, 6) is -1.29. The standard InChI is InChI=1S/C36H37N3O9S2/c1-3-46-24-15-19(7-10-23(24)48-17-25(40)38-11-13-45-14-12-38)26-27-21-16-22(30(27)49-32-31(26)50-36(44)37-32)29-28(21)33(41)39(34(29)42)20-8-5-18(6-9-20)35(43)47-4-2/h5-10,15,21-22,26-30H,3-4,11-14,16-17H2,1-2H3,(H,37,44)/t21-,22-,26-,27?,28?,29?,30?/m1/s1. The molecule has 2 aromatic carbocycles. The Labute approximate surface area is 296 Å². The minimum absolute atomic E-state index is 0.00256. The number of aromatic amines is 1. The van der Waals surface area contributed by atoms with Crippen LogP contribution in [0.4, 0.5) is 5.69 Å². The molecule has 7 atom stereocenters. The molecule has 4 fully saturated rings. The molecule has 3 amide bonds. The van der Waals surface area contributed by atoms with E-state index in [2.05, 4.69) is 4.98 Å². The van der Waals surface area contributed by atoms with Gasteiger partial charge in [0.2, 0.25) is 11.8 Å². The molecule has 2 bridgehead atoms. The van der Waals surface area contributed by atoms with Crippen molar-refractivity contribution in [2.24, 2.45) is 29.6 Å². The van der Waals surface area contributed by atoms with Gasteiger partial charge in [-0.1, -0.05) is 17.4 Å². The summed E-state index contributed by atoms with van der Waals surface area (Å²) in [5, 5.41) is 0.831. The van der Waals surface area contributed by atoms with Crippen LogP contribution in [-0.2, 0) is 23.9 Å². The largest absolute Gasteiger partial charge is 0.490 e. The predicted octanol–water partition coefficient (Wildman–Crippen LogP) is 3.93. The smallest absolute Gasteiger partial charge is 0.338 e. The highest BCUT2D eigenvalue weighted by Crippen LogP contribution is 2.68. The van der Waals surface area contributed by atoms with Crippen LogP contribution in [0, 0.1) is 29.6 Å². The Morgan fingerprint density at radius 3 is 2.38 bits per heavy atom. The first-order chi connectivity index (χ1) is 24.3. The van der Waals surface area contributed by atoms with Crippen LogP contribution in [0.3, 0.4) is 0 Å². The molecule has 2 saturated heterocycles. The highest BCUT2D eigenvalue weighted by molar-refractivity contribution is 8.00. The number of hydrogen-bond acceptors (Lipinski definition) is 11. The molecular formula is C36H37N3O9S2. The zero-order valence-electron chi connectivity index (χ0n) is 27.6. The molecule has 0 radical (unpaired) electrons. The number of esters is 1. The van der Waals surface area contributed by atoms with Crippen molar-refractivity contribution < 1.29 is 38.1 Å². The molecule has 1 N–H and O–H groups in total. The number of carbonyl (C=O) groups excluding carboxylic acids is 4. The lowest BCUT2D eigenvalue weighted by Gasteiger charge is -2.43. The summed E-state index contributed by atoms with van der Waals surface area (Å²) in [5.41, 5.74) is 1.73. The molecule has 2 aliphatic carbocycles. The van der Waals surface area contributed by atoms with E-state index in [-0.39, 0.29) is 64.7 Å². The molecule has 50 heavy (non-hydrogen) atoms. The number of nitrogens with one attached hydrogen (secondary N) is 1. The van der Waals surface area contributed by atoms with E-state index in [1.807, 2.05) is 25.1 Å². The highest BCUT2D eigenvalue weighted by Gasteiger charge is 2.69. The summed E-state index contributed by atoms with van der Waals surface area (Å²) >= 11 is 2.82. The lowest BCUT2D eigenvalue weighted by atomic mass is 9.68. The van der Waals surface area contributed by atoms with Crippen molar-refractivity contribution >= 4 is 52.5 Å². The number of ether oxygens (including phenoxy) is 4. The summed E-state index contributed by atoms with van der Waals surface area (Å²) in [7, 11) is 0. The summed E-state index contributed by atoms with van der Waals surface area (Å²) in [6.45, 7) is 6.19. The van der Waals surface area contributed by atoms with E-state index < -0.39 is 17.8 Å². The number of amides is 3. The molecule has 262 valence electrons. The third-order valence-corrected chi connectivity index (χ3v) is 13.3. The number of carbonyl (C=O) groups is 4. The Hall–Kier alpha value is -4.14. The van der Waals surface area contributed by atoms with Gasteiger partial charge < -0.3 is 28.8 Å². The summed E-state index contributed by atoms with van der Waals surface area (Å²) in [4.78, 5) is 72.8. The second-order valence-corrected chi connectivity index (χ2v) is 15.4. The molecule has 3 aliphatic heterocycles. The Kier molecular flexibility index (Phi) is 8.72. The van der Waals surface area contributed by atoms with Crippen LogP contribution in [0.1, 0.15) is 47.0 Å². The molecule has 4 unspecified atom stereocenters. The number of nitrogens with zero attached hydrogens (tertiary/aromatic N) is 2. The van der Waals surface area contributed by atoms with Crippen molar-refractivity contribution in [3.63, 3.8) is 0 Å². The molecule has 1 aromatic heterocycles. The SMILES string of the molecule is CCOC(=O)c1ccc(N2C(=O)C3C(C2=O)[C@@H]2C[C@H]3C3Sc4[nH]c(=O)sc4[C@H](c4ccc(OCC(=O)N5CCOCC5)c(OCC)c4)C32)cc1. The van der Waals surface area contributed by atoms with Gasteiger partial charge in [0, 0.05) is 29.1 Å². The Morgan fingerprint density at radius 1 is 0.920 bits per heavy atom. The van der Waals surface area contributed by atoms with E-state index >= 15 is 0 Å². The second kappa shape index (κ2) is 13.2. The molecule has 4 heterocycles. The fourth-order valence-electron chi connectivity index (χ4n) is 8.75. The minimum atomic E-state index is -0.473. The quantitative estimate of drug-likeness (QED) is 0.255. The van der Waals surface area contributed by atoms with Crippen LogP contribution in [0.15, 0.2) is 52.3 Å². The number of anilines is 1. The molecule has 3 aromatic rings. The fraction of sp³-hybridized carbons (Fsp3) is 0.472. The maximum absolute atomic E-state index is 14.2. The number of imide groups is 1. The Bertz CT molecular complexity index is 1900. The minimum Gasteiger partial charge on any atom is -0.490 e. The van der Waals surface area contributed by atoms with E-state index in [1.54, 1.807) is 47.9 Å². The zero-order valence-corrected chi connectivity index (χ0v) is 29.3. The van der Waals surface area contributed by atoms with Gasteiger partial charge in [-0.2, -0.15) is 0 Å². The number of benzene rings is 2. The molecule has 2 saturated carbocycles. The number of thiazole rings is 1. The average molecular weight is 720 g/mol. The first-order valence-corrected chi connectivity index (χ1v) is 18.8. The van der Waals surface area contributed by atoms with E-state index in [0.29, 0.717) is 55.7 Å². The van der Waals surface area contributed by atoms with Crippen LogP contribution in [0.25, 0.3) is 0 Å². The number of rotatable bonds is 9. The van der Waals surface area contributed by atoms with Gasteiger partial charge in [0.1, 0.15) is 0 Å². The molecular weight excluding hydrogens is 683 g/mol. The number of H-pyrrole nitrogens is 1. The van der Waals surface area contributed by atoms with Gasteiger partial charge >= 0.3 is 10.8 Å². The second-order valence-electron chi connectivity index (χ2n) is 13.2. The summed E-state index contributed by atoms with van der Waals surface area (Å²) in [6.07, 6.45) is 0.754. The predicted molar refractivity (Wildman–Crippen MR) is 184 cm³/mol. The molecule has 8 rings (SSSR count). The van der Waals surface area contributed by atoms with Gasteiger partial charge in [-0.05, 0) is 80.0 Å². The van der Waals surface area contributed by atoms with Crippen molar-refractivity contribution in [3.05, 3.63) is 68.1 Å². The van der Waals surface area contributed by atoms with Crippen LogP contribution in [0.2, 0.25) is 0 Å². The van der Waals surface area contributed by atoms with Gasteiger partial charge in [0.15, 0.2) is 18.1 Å². The topological polar surface area (TPSA) is 145 Å². The van der Waals surface area contributed by atoms with Gasteiger partial charge in [-0.3, -0.25) is 24.1 Å². The van der Waals surface area contributed by atoms with Crippen LogP contribution >= 0.6 is 23.1 Å². The maximum Gasteiger partial charge on any atom is 0.338 e. The van der Waals surface area contributed by atoms with Crippen molar-refractivity contribution in [1.29, 1.82) is 0 Å². The van der Waals surface area contributed by atoms with Crippen LogP contribution < -0.4 is 19.2 Å². The molecule has 14 heteroatoms. The van der Waals surface area contributed by atoms with Crippen LogP contribution in [0.5, 0.6) is 11.5 Å². The Morgan fingerprint density at radius 2 is 1.66 bits per heavy atom.